The van der Waals surface area contributed by atoms with Crippen LogP contribution in [0.2, 0.25) is 0 Å². The molecule has 132 valence electrons. The average molecular weight is 402 g/mol. The van der Waals surface area contributed by atoms with Gasteiger partial charge in [-0.15, -0.1) is 0 Å². The Balaban J connectivity index is 2.13. The van der Waals surface area contributed by atoms with E-state index in [-0.39, 0.29) is 11.0 Å². The van der Waals surface area contributed by atoms with Gasteiger partial charge in [0.15, 0.2) is 0 Å². The molecule has 5 nitrogen and oxygen atoms in total. The molecule has 0 spiro atoms. The predicted octanol–water partition coefficient (Wildman–Crippen LogP) is 5.18. The Morgan fingerprint density at radius 3 is 2.48 bits per heavy atom. The molecule has 0 atom stereocenters. The van der Waals surface area contributed by atoms with Crippen molar-refractivity contribution >= 4 is 27.4 Å². The number of imidazole rings is 1. The van der Waals surface area contributed by atoms with Gasteiger partial charge in [0.1, 0.15) is 23.5 Å². The second kappa shape index (κ2) is 6.41. The monoisotopic (exact) mass is 401 g/mol. The SMILES string of the molecule is CC(C)(C)CC(C)(C)Nc1c(-c2cnccc2Br)nc2ccncn12. The van der Waals surface area contributed by atoms with Gasteiger partial charge in [-0.1, -0.05) is 20.8 Å². The van der Waals surface area contributed by atoms with E-state index in [1.165, 1.54) is 0 Å². The first kappa shape index (κ1) is 17.9. The summed E-state index contributed by atoms with van der Waals surface area (Å²) in [6.07, 6.45) is 8.17. The van der Waals surface area contributed by atoms with Gasteiger partial charge >= 0.3 is 0 Å². The third-order valence-corrected chi connectivity index (χ3v) is 4.57. The summed E-state index contributed by atoms with van der Waals surface area (Å²) in [7, 11) is 0. The number of fused-ring (bicyclic) bond motifs is 1. The van der Waals surface area contributed by atoms with Gasteiger partial charge in [-0.25, -0.2) is 9.97 Å². The third kappa shape index (κ3) is 4.00. The summed E-state index contributed by atoms with van der Waals surface area (Å²) >= 11 is 3.62. The lowest BCUT2D eigenvalue weighted by molar-refractivity contribution is 0.302. The summed E-state index contributed by atoms with van der Waals surface area (Å²) in [5, 5.41) is 3.70. The molecule has 0 amide bonds. The van der Waals surface area contributed by atoms with Gasteiger partial charge in [-0.3, -0.25) is 9.38 Å². The molecule has 1 N–H and O–H groups in total. The quantitative estimate of drug-likeness (QED) is 0.653. The van der Waals surface area contributed by atoms with Crippen LogP contribution in [0.15, 0.2) is 41.5 Å². The maximum absolute atomic E-state index is 4.81. The summed E-state index contributed by atoms with van der Waals surface area (Å²) in [6, 6.07) is 3.84. The third-order valence-electron chi connectivity index (χ3n) is 3.88. The maximum Gasteiger partial charge on any atom is 0.141 e. The van der Waals surface area contributed by atoms with E-state index in [0.717, 1.165) is 33.6 Å². The molecule has 0 aliphatic rings. The van der Waals surface area contributed by atoms with Crippen molar-refractivity contribution in [2.75, 3.05) is 5.32 Å². The van der Waals surface area contributed by atoms with Gasteiger partial charge in [0.05, 0.1) is 0 Å². The van der Waals surface area contributed by atoms with Crippen LogP contribution in [0.25, 0.3) is 16.9 Å². The van der Waals surface area contributed by atoms with Crippen LogP contribution in [0, 0.1) is 5.41 Å². The number of pyridine rings is 1. The highest BCUT2D eigenvalue weighted by Crippen LogP contribution is 2.36. The molecule has 0 unspecified atom stereocenters. The van der Waals surface area contributed by atoms with Crippen molar-refractivity contribution < 1.29 is 0 Å². The Labute approximate surface area is 157 Å². The molecule has 0 saturated carbocycles. The van der Waals surface area contributed by atoms with Crippen molar-refractivity contribution in [1.82, 2.24) is 19.4 Å². The van der Waals surface area contributed by atoms with Crippen LogP contribution in [0.5, 0.6) is 0 Å². The minimum Gasteiger partial charge on any atom is -0.364 e. The highest BCUT2D eigenvalue weighted by atomic mass is 79.9. The van der Waals surface area contributed by atoms with Crippen LogP contribution in [0.3, 0.4) is 0 Å². The zero-order valence-corrected chi connectivity index (χ0v) is 16.9. The molecule has 0 aromatic carbocycles. The molecule has 0 aliphatic carbocycles. The Morgan fingerprint density at radius 2 is 1.80 bits per heavy atom. The number of nitrogens with zero attached hydrogens (tertiary/aromatic N) is 4. The topological polar surface area (TPSA) is 55.1 Å². The normalized spacial score (nSPS) is 12.6. The summed E-state index contributed by atoms with van der Waals surface area (Å²) in [4.78, 5) is 13.3. The van der Waals surface area contributed by atoms with Gasteiger partial charge < -0.3 is 5.32 Å². The van der Waals surface area contributed by atoms with Crippen molar-refractivity contribution in [1.29, 1.82) is 0 Å². The smallest absolute Gasteiger partial charge is 0.141 e. The van der Waals surface area contributed by atoms with E-state index in [0.29, 0.717) is 0 Å². The molecule has 0 fully saturated rings. The van der Waals surface area contributed by atoms with Crippen molar-refractivity contribution in [3.8, 4) is 11.3 Å². The van der Waals surface area contributed by atoms with Crippen molar-refractivity contribution in [2.24, 2.45) is 5.41 Å². The molecule has 3 aromatic heterocycles. The highest BCUT2D eigenvalue weighted by Gasteiger charge is 2.28. The van der Waals surface area contributed by atoms with E-state index in [4.69, 9.17) is 4.98 Å². The van der Waals surface area contributed by atoms with E-state index < -0.39 is 0 Å². The van der Waals surface area contributed by atoms with E-state index in [1.807, 2.05) is 22.7 Å². The second-order valence-corrected chi connectivity index (χ2v) is 9.07. The number of hydrogen-bond donors (Lipinski definition) is 1. The minimum absolute atomic E-state index is 0.104. The van der Waals surface area contributed by atoms with Crippen molar-refractivity contribution in [3.05, 3.63) is 41.5 Å². The van der Waals surface area contributed by atoms with E-state index in [9.17, 15) is 0 Å². The fourth-order valence-electron chi connectivity index (χ4n) is 3.45. The molecular formula is C19H24BrN5. The van der Waals surface area contributed by atoms with Gasteiger partial charge in [0.25, 0.3) is 0 Å². The number of aromatic nitrogens is 4. The minimum atomic E-state index is -0.104. The second-order valence-electron chi connectivity index (χ2n) is 8.22. The molecule has 3 aromatic rings. The summed E-state index contributed by atoms with van der Waals surface area (Å²) in [6.45, 7) is 11.2. The van der Waals surface area contributed by atoms with Crippen LogP contribution in [-0.4, -0.2) is 24.9 Å². The van der Waals surface area contributed by atoms with Crippen LogP contribution in [-0.2, 0) is 0 Å². The first-order valence-electron chi connectivity index (χ1n) is 8.36. The van der Waals surface area contributed by atoms with Crippen LogP contribution in [0.4, 0.5) is 5.82 Å². The molecule has 25 heavy (non-hydrogen) atoms. The summed E-state index contributed by atoms with van der Waals surface area (Å²) in [5.41, 5.74) is 2.79. The van der Waals surface area contributed by atoms with Gasteiger partial charge in [0, 0.05) is 34.2 Å². The number of hydrogen-bond acceptors (Lipinski definition) is 4. The number of rotatable bonds is 4. The zero-order chi connectivity index (χ0) is 18.2. The van der Waals surface area contributed by atoms with Crippen molar-refractivity contribution in [2.45, 2.75) is 46.6 Å². The molecule has 0 bridgehead atoms. The lowest BCUT2D eigenvalue weighted by Crippen LogP contribution is -2.36. The van der Waals surface area contributed by atoms with Gasteiger partial charge in [-0.05, 0) is 53.7 Å². The lowest BCUT2D eigenvalue weighted by atomic mass is 9.82. The van der Waals surface area contributed by atoms with E-state index in [1.54, 1.807) is 18.7 Å². The fraction of sp³-hybridized carbons (Fsp3) is 0.421. The Kier molecular flexibility index (Phi) is 4.58. The lowest BCUT2D eigenvalue weighted by Gasteiger charge is -2.34. The molecule has 0 aliphatic heterocycles. The van der Waals surface area contributed by atoms with Crippen LogP contribution < -0.4 is 5.32 Å². The molecule has 0 saturated heterocycles. The fourth-order valence-corrected chi connectivity index (χ4v) is 3.86. The number of halogens is 1. The average Bonchev–Trinajstić information content (AvgIpc) is 2.83. The number of nitrogens with one attached hydrogen (secondary N) is 1. The first-order chi connectivity index (χ1) is 11.7. The Hall–Kier alpha value is -1.95. The summed E-state index contributed by atoms with van der Waals surface area (Å²) < 4.78 is 2.97. The largest absolute Gasteiger partial charge is 0.364 e. The van der Waals surface area contributed by atoms with E-state index >= 15 is 0 Å². The molecule has 0 radical (unpaired) electrons. The van der Waals surface area contributed by atoms with Gasteiger partial charge in [0.2, 0.25) is 0 Å². The first-order valence-corrected chi connectivity index (χ1v) is 9.16. The maximum atomic E-state index is 4.81. The van der Waals surface area contributed by atoms with E-state index in [2.05, 4.69) is 65.8 Å². The standard InChI is InChI=1S/C19H24BrN5/c1-18(2,3)11-19(4,5)24-17-16(13-10-21-8-6-14(13)20)23-15-7-9-22-12-25(15)17/h6-10,12,24H,11H2,1-5H3. The van der Waals surface area contributed by atoms with Crippen molar-refractivity contribution in [3.63, 3.8) is 0 Å². The molecular weight excluding hydrogens is 378 g/mol. The van der Waals surface area contributed by atoms with Crippen LogP contribution >= 0.6 is 15.9 Å². The predicted molar refractivity (Wildman–Crippen MR) is 106 cm³/mol. The molecule has 3 rings (SSSR count). The molecule has 3 heterocycles. The zero-order valence-electron chi connectivity index (χ0n) is 15.3. The van der Waals surface area contributed by atoms with Crippen LogP contribution in [0.1, 0.15) is 41.0 Å². The highest BCUT2D eigenvalue weighted by molar-refractivity contribution is 9.10. The Bertz CT molecular complexity index is 892. The van der Waals surface area contributed by atoms with Gasteiger partial charge in [-0.2, -0.15) is 0 Å². The molecule has 6 heteroatoms. The Morgan fingerprint density at radius 1 is 1.08 bits per heavy atom. The number of anilines is 1. The summed E-state index contributed by atoms with van der Waals surface area (Å²) in [5.74, 6) is 0.936.